The third-order valence-electron chi connectivity index (χ3n) is 4.50. The van der Waals surface area contributed by atoms with Gasteiger partial charge in [0.15, 0.2) is 0 Å². The molecule has 2 aromatic heterocycles. The first-order valence-electron chi connectivity index (χ1n) is 9.19. The number of anilines is 1. The van der Waals surface area contributed by atoms with Gasteiger partial charge in [0.1, 0.15) is 18.1 Å². The van der Waals surface area contributed by atoms with Crippen molar-refractivity contribution in [1.29, 1.82) is 0 Å². The molecule has 0 radical (unpaired) electrons. The number of nitrogens with zero attached hydrogens (tertiary/aromatic N) is 1. The number of carbonyl (C=O) groups is 2. The summed E-state index contributed by atoms with van der Waals surface area (Å²) in [5.74, 6) is -0.440. The third kappa shape index (κ3) is 4.70. The molecule has 0 bridgehead atoms. The zero-order valence-electron chi connectivity index (χ0n) is 16.6. The second-order valence-electron chi connectivity index (χ2n) is 6.51. The number of amides is 1. The lowest BCUT2D eigenvalue weighted by atomic mass is 10.1. The number of ether oxygens (including phenoxy) is 2. The van der Waals surface area contributed by atoms with E-state index < -0.39 is 5.97 Å². The monoisotopic (exact) mass is 393 g/mol. The van der Waals surface area contributed by atoms with Crippen molar-refractivity contribution in [2.45, 2.75) is 13.8 Å². The van der Waals surface area contributed by atoms with Gasteiger partial charge in [0.05, 0.1) is 12.2 Å². The van der Waals surface area contributed by atoms with Crippen LogP contribution < -0.4 is 5.32 Å². The Bertz CT molecular complexity index is 995. The Hall–Kier alpha value is -3.45. The number of pyridine rings is 1. The van der Waals surface area contributed by atoms with E-state index in [-0.39, 0.29) is 12.5 Å². The first-order chi connectivity index (χ1) is 14.0. The molecule has 0 saturated carbocycles. The van der Waals surface area contributed by atoms with Crippen molar-refractivity contribution >= 4 is 17.7 Å². The molecular weight excluding hydrogens is 370 g/mol. The van der Waals surface area contributed by atoms with Crippen LogP contribution in [0.5, 0.6) is 0 Å². The molecular formula is C22H23N3O4. The number of aromatic amines is 1. The van der Waals surface area contributed by atoms with Crippen molar-refractivity contribution < 1.29 is 19.1 Å². The Morgan fingerprint density at radius 2 is 1.79 bits per heavy atom. The van der Waals surface area contributed by atoms with E-state index in [1.807, 2.05) is 36.4 Å². The van der Waals surface area contributed by atoms with Gasteiger partial charge in [-0.1, -0.05) is 30.3 Å². The molecule has 2 N–H and O–H groups in total. The molecule has 29 heavy (non-hydrogen) atoms. The van der Waals surface area contributed by atoms with E-state index in [9.17, 15) is 9.59 Å². The fraction of sp³-hybridized carbons (Fsp3) is 0.227. The van der Waals surface area contributed by atoms with Gasteiger partial charge < -0.3 is 19.8 Å². The Morgan fingerprint density at radius 3 is 2.45 bits per heavy atom. The Kier molecular flexibility index (Phi) is 6.41. The minimum absolute atomic E-state index is 0.151. The van der Waals surface area contributed by atoms with Crippen LogP contribution in [0.2, 0.25) is 0 Å². The predicted molar refractivity (Wildman–Crippen MR) is 110 cm³/mol. The Labute approximate surface area is 169 Å². The van der Waals surface area contributed by atoms with Gasteiger partial charge in [0.25, 0.3) is 5.91 Å². The molecule has 0 spiro atoms. The second-order valence-corrected chi connectivity index (χ2v) is 6.51. The van der Waals surface area contributed by atoms with Crippen LogP contribution >= 0.6 is 0 Å². The van der Waals surface area contributed by atoms with Crippen LogP contribution in [-0.2, 0) is 9.47 Å². The fourth-order valence-electron chi connectivity index (χ4n) is 3.02. The number of H-pyrrole nitrogens is 1. The predicted octanol–water partition coefficient (Wildman–Crippen LogP) is 3.75. The topological polar surface area (TPSA) is 93.3 Å². The van der Waals surface area contributed by atoms with Crippen LogP contribution in [0.3, 0.4) is 0 Å². The summed E-state index contributed by atoms with van der Waals surface area (Å²) in [6, 6.07) is 13.5. The maximum Gasteiger partial charge on any atom is 0.340 e. The molecule has 0 atom stereocenters. The van der Waals surface area contributed by atoms with Gasteiger partial charge in [0.2, 0.25) is 0 Å². The number of hydrogen-bond donors (Lipinski definition) is 2. The lowest BCUT2D eigenvalue weighted by molar-refractivity contribution is 0.0387. The van der Waals surface area contributed by atoms with Gasteiger partial charge in [-0.05, 0) is 37.1 Å². The number of rotatable bonds is 7. The molecule has 1 amide bonds. The standard InChI is InChI=1S/C22H23N3O4/c1-14-19(22(27)29-12-11-28-3)15(2)24-20(14)21(26)25-18-10-9-17(13-23-18)16-7-5-4-6-8-16/h4-10,13,24H,11-12H2,1-3H3,(H,23,25,26). The minimum atomic E-state index is -0.488. The molecule has 0 fully saturated rings. The Balaban J connectivity index is 1.72. The molecule has 0 unspecified atom stereocenters. The van der Waals surface area contributed by atoms with E-state index in [4.69, 9.17) is 9.47 Å². The summed E-state index contributed by atoms with van der Waals surface area (Å²) < 4.78 is 10.0. The van der Waals surface area contributed by atoms with Gasteiger partial charge in [-0.25, -0.2) is 9.78 Å². The molecule has 0 saturated heterocycles. The molecule has 3 aromatic rings. The molecule has 150 valence electrons. The first kappa shape index (κ1) is 20.3. The molecule has 0 aliphatic rings. The van der Waals surface area contributed by atoms with Crippen LogP contribution in [0.1, 0.15) is 32.1 Å². The number of aryl methyl sites for hydroxylation is 1. The average molecular weight is 393 g/mol. The largest absolute Gasteiger partial charge is 0.460 e. The molecule has 0 aliphatic carbocycles. The summed E-state index contributed by atoms with van der Waals surface area (Å²) in [7, 11) is 1.53. The highest BCUT2D eigenvalue weighted by Crippen LogP contribution is 2.22. The van der Waals surface area contributed by atoms with Crippen molar-refractivity contribution in [3.05, 3.63) is 71.2 Å². The molecule has 1 aromatic carbocycles. The van der Waals surface area contributed by atoms with E-state index in [0.29, 0.717) is 34.9 Å². The number of benzene rings is 1. The van der Waals surface area contributed by atoms with Gasteiger partial charge in [0, 0.05) is 24.6 Å². The van der Waals surface area contributed by atoms with Gasteiger partial charge in [-0.3, -0.25) is 4.79 Å². The summed E-state index contributed by atoms with van der Waals surface area (Å²) in [4.78, 5) is 32.3. The normalized spacial score (nSPS) is 10.6. The van der Waals surface area contributed by atoms with Crippen LogP contribution in [0.15, 0.2) is 48.7 Å². The molecule has 2 heterocycles. The number of nitrogens with one attached hydrogen (secondary N) is 2. The van der Waals surface area contributed by atoms with Crippen LogP contribution in [0, 0.1) is 13.8 Å². The highest BCUT2D eigenvalue weighted by molar-refractivity contribution is 6.06. The van der Waals surface area contributed by atoms with Gasteiger partial charge >= 0.3 is 5.97 Å². The molecule has 0 aliphatic heterocycles. The van der Waals surface area contributed by atoms with Crippen LogP contribution in [0.25, 0.3) is 11.1 Å². The number of hydrogen-bond acceptors (Lipinski definition) is 5. The zero-order valence-corrected chi connectivity index (χ0v) is 16.6. The summed E-state index contributed by atoms with van der Waals surface area (Å²) in [5, 5.41) is 2.76. The maximum atomic E-state index is 12.7. The highest BCUT2D eigenvalue weighted by Gasteiger charge is 2.23. The highest BCUT2D eigenvalue weighted by atomic mass is 16.6. The number of aromatic nitrogens is 2. The Morgan fingerprint density at radius 1 is 1.03 bits per heavy atom. The van der Waals surface area contributed by atoms with Crippen molar-refractivity contribution in [2.24, 2.45) is 0 Å². The maximum absolute atomic E-state index is 12.7. The molecule has 3 rings (SSSR count). The van der Waals surface area contributed by atoms with Gasteiger partial charge in [-0.15, -0.1) is 0 Å². The second kappa shape index (κ2) is 9.16. The summed E-state index contributed by atoms with van der Waals surface area (Å²) >= 11 is 0. The van der Waals surface area contributed by atoms with Gasteiger partial charge in [-0.2, -0.15) is 0 Å². The van der Waals surface area contributed by atoms with E-state index in [1.54, 1.807) is 26.1 Å². The lowest BCUT2D eigenvalue weighted by Gasteiger charge is -2.06. The number of carbonyl (C=O) groups excluding carboxylic acids is 2. The van der Waals surface area contributed by atoms with Crippen molar-refractivity contribution in [2.75, 3.05) is 25.6 Å². The van der Waals surface area contributed by atoms with E-state index in [1.165, 1.54) is 7.11 Å². The van der Waals surface area contributed by atoms with Crippen molar-refractivity contribution in [3.8, 4) is 11.1 Å². The zero-order chi connectivity index (χ0) is 20.8. The quantitative estimate of drug-likeness (QED) is 0.471. The number of methoxy groups -OCH3 is 1. The summed E-state index contributed by atoms with van der Waals surface area (Å²) in [6.45, 7) is 3.89. The first-order valence-corrected chi connectivity index (χ1v) is 9.19. The summed E-state index contributed by atoms with van der Waals surface area (Å²) in [5.41, 5.74) is 3.77. The SMILES string of the molecule is COCCOC(=O)c1c(C)[nH]c(C(=O)Nc2ccc(-c3ccccc3)cn2)c1C. The van der Waals surface area contributed by atoms with Crippen molar-refractivity contribution in [1.82, 2.24) is 9.97 Å². The average Bonchev–Trinajstić information content (AvgIpc) is 3.03. The molecule has 7 heteroatoms. The lowest BCUT2D eigenvalue weighted by Crippen LogP contribution is -2.15. The van der Waals surface area contributed by atoms with E-state index in [2.05, 4.69) is 15.3 Å². The minimum Gasteiger partial charge on any atom is -0.460 e. The van der Waals surface area contributed by atoms with Crippen LogP contribution in [-0.4, -0.2) is 42.2 Å². The van der Waals surface area contributed by atoms with Crippen molar-refractivity contribution in [3.63, 3.8) is 0 Å². The fourth-order valence-corrected chi connectivity index (χ4v) is 3.02. The number of esters is 1. The van der Waals surface area contributed by atoms with E-state index in [0.717, 1.165) is 11.1 Å². The van der Waals surface area contributed by atoms with Crippen LogP contribution in [0.4, 0.5) is 5.82 Å². The summed E-state index contributed by atoms with van der Waals surface area (Å²) in [6.07, 6.45) is 1.70. The smallest absolute Gasteiger partial charge is 0.340 e. The molecule has 7 nitrogen and oxygen atoms in total. The third-order valence-corrected chi connectivity index (χ3v) is 4.50. The van der Waals surface area contributed by atoms with E-state index >= 15 is 0 Å².